The summed E-state index contributed by atoms with van der Waals surface area (Å²) in [6.07, 6.45) is 0.937. The van der Waals surface area contributed by atoms with E-state index in [1.165, 1.54) is 19.6 Å². The second-order valence-electron chi connectivity index (χ2n) is 4.57. The van der Waals surface area contributed by atoms with Crippen molar-refractivity contribution >= 4 is 32.4 Å². The summed E-state index contributed by atoms with van der Waals surface area (Å²) >= 11 is 0. The van der Waals surface area contributed by atoms with Gasteiger partial charge in [0.2, 0.25) is 0 Å². The van der Waals surface area contributed by atoms with E-state index in [4.69, 9.17) is 10.5 Å². The van der Waals surface area contributed by atoms with Gasteiger partial charge in [-0.15, -0.1) is 0 Å². The number of rotatable bonds is 7. The van der Waals surface area contributed by atoms with E-state index in [0.717, 1.165) is 0 Å². The minimum absolute atomic E-state index is 0. The van der Waals surface area contributed by atoms with E-state index in [2.05, 4.69) is 19.3 Å². The van der Waals surface area contributed by atoms with E-state index in [9.17, 15) is 23.8 Å². The third-order valence-corrected chi connectivity index (χ3v) is 4.89. The van der Waals surface area contributed by atoms with Gasteiger partial charge in [0.15, 0.2) is 19.1 Å². The SMILES string of the molecule is C[C@H](Cn1cnc2c(N)ncnc21)OCP(=O)([O-])OP(=O)([O-])[O-].[Na+].[Na+].[Na+]. The fourth-order valence-electron chi connectivity index (χ4n) is 1.76. The first-order chi connectivity index (χ1) is 10.6. The first kappa shape index (κ1) is 29.8. The van der Waals surface area contributed by atoms with Gasteiger partial charge >= 0.3 is 88.7 Å². The summed E-state index contributed by atoms with van der Waals surface area (Å²) in [5, 5.41) is 0. The van der Waals surface area contributed by atoms with Gasteiger partial charge < -0.3 is 43.2 Å². The Morgan fingerprint density at radius 2 is 1.81 bits per heavy atom. The molecule has 0 aromatic carbocycles. The van der Waals surface area contributed by atoms with E-state index in [1.54, 1.807) is 4.57 Å². The Balaban J connectivity index is 0. The van der Waals surface area contributed by atoms with Crippen molar-refractivity contribution in [1.29, 1.82) is 0 Å². The molecule has 0 saturated carbocycles. The molecule has 2 aromatic rings. The number of fused-ring (bicyclic) bond motifs is 1. The normalized spacial score (nSPS) is 14.5. The Labute approximate surface area is 215 Å². The quantitative estimate of drug-likeness (QED) is 0.322. The van der Waals surface area contributed by atoms with Crippen molar-refractivity contribution in [3.05, 3.63) is 12.7 Å². The summed E-state index contributed by atoms with van der Waals surface area (Å²) in [5.74, 6) is 0.196. The van der Waals surface area contributed by atoms with Crippen LogP contribution in [0, 0.1) is 0 Å². The average Bonchev–Trinajstić information content (AvgIpc) is 2.79. The Morgan fingerprint density at radius 1 is 1.19 bits per heavy atom. The topological polar surface area (TPSA) is 191 Å². The number of nitrogens with two attached hydrogens (primary N) is 1. The second kappa shape index (κ2) is 12.3. The molecule has 0 fully saturated rings. The number of phosphoric acid groups is 1. The predicted octanol–water partition coefficient (Wildman–Crippen LogP) is -10.8. The monoisotopic (exact) mass is 433 g/mol. The molecule has 0 aliphatic heterocycles. The van der Waals surface area contributed by atoms with Crippen LogP contribution in [0.5, 0.6) is 0 Å². The van der Waals surface area contributed by atoms with E-state index < -0.39 is 27.9 Å². The summed E-state index contributed by atoms with van der Waals surface area (Å²) in [7, 11) is -10.6. The molecule has 0 aliphatic carbocycles. The van der Waals surface area contributed by atoms with Gasteiger partial charge in [-0.25, -0.2) is 15.0 Å². The molecule has 1 unspecified atom stereocenters. The van der Waals surface area contributed by atoms with Crippen LogP contribution < -0.4 is 109 Å². The van der Waals surface area contributed by atoms with E-state index in [0.29, 0.717) is 11.2 Å². The number of nitrogens with zero attached hydrogens (tertiary/aromatic N) is 4. The summed E-state index contributed by atoms with van der Waals surface area (Å²) in [6.45, 7) is 1.68. The number of ether oxygens (including phenoxy) is 1. The molecule has 0 radical (unpaired) electrons. The Kier molecular flexibility index (Phi) is 14.1. The van der Waals surface area contributed by atoms with Crippen LogP contribution in [0.2, 0.25) is 0 Å². The maximum atomic E-state index is 11.3. The molecule has 0 aliphatic rings. The number of imidazole rings is 1. The van der Waals surface area contributed by atoms with Crippen molar-refractivity contribution in [2.75, 3.05) is 12.1 Å². The third kappa shape index (κ3) is 9.41. The summed E-state index contributed by atoms with van der Waals surface area (Å²) < 4.78 is 31.6. The molecule has 0 spiro atoms. The van der Waals surface area contributed by atoms with Crippen molar-refractivity contribution in [2.24, 2.45) is 0 Å². The van der Waals surface area contributed by atoms with E-state index in [1.807, 2.05) is 0 Å². The van der Waals surface area contributed by atoms with Crippen LogP contribution >= 0.6 is 15.4 Å². The van der Waals surface area contributed by atoms with Crippen LogP contribution in [0.25, 0.3) is 11.2 Å². The molecule has 0 bridgehead atoms. The van der Waals surface area contributed by atoms with Crippen LogP contribution in [-0.2, 0) is 24.7 Å². The van der Waals surface area contributed by atoms with Gasteiger partial charge in [0.25, 0.3) is 0 Å². The number of aromatic nitrogens is 4. The molecule has 0 amide bonds. The molecular weight excluding hydrogens is 421 g/mol. The van der Waals surface area contributed by atoms with Crippen LogP contribution in [0.4, 0.5) is 5.82 Å². The largest absolute Gasteiger partial charge is 1.00 e. The number of anilines is 1. The van der Waals surface area contributed by atoms with Crippen molar-refractivity contribution in [3.63, 3.8) is 0 Å². The minimum atomic E-state index is -5.64. The molecule has 17 heteroatoms. The third-order valence-electron chi connectivity index (χ3n) is 2.62. The zero-order valence-corrected chi connectivity index (χ0v) is 22.6. The zero-order chi connectivity index (χ0) is 17.3. The molecule has 12 nitrogen and oxygen atoms in total. The van der Waals surface area contributed by atoms with Crippen LogP contribution in [0.15, 0.2) is 12.7 Å². The second-order valence-corrected chi connectivity index (χ2v) is 7.60. The van der Waals surface area contributed by atoms with Crippen molar-refractivity contribution in [2.45, 2.75) is 19.6 Å². The van der Waals surface area contributed by atoms with Gasteiger partial charge in [-0.3, -0.25) is 0 Å². The molecule has 0 saturated heterocycles. The molecule has 128 valence electrons. The smallest absolute Gasteiger partial charge is 0.790 e. The van der Waals surface area contributed by atoms with Gasteiger partial charge in [-0.1, -0.05) is 0 Å². The standard InChI is InChI=1S/C9H15N5O7P2.3Na/c1-6(20-5-22(15,16)21-23(17,18)19)2-14-4-13-7-8(10)11-3-12-9(7)14;;;/h3-4,6H,2,5H2,1H3,(H,15,16)(H2,10,11,12)(H2,17,18,19);;;/q;3*+1/p-3/t6-;;;/m1.../s1. The molecule has 2 N–H and O–H groups in total. The van der Waals surface area contributed by atoms with Gasteiger partial charge in [0, 0.05) is 0 Å². The van der Waals surface area contributed by atoms with E-state index >= 15 is 0 Å². The van der Waals surface area contributed by atoms with Gasteiger partial charge in [-0.05, 0) is 6.92 Å². The minimum Gasteiger partial charge on any atom is -0.790 e. The van der Waals surface area contributed by atoms with Gasteiger partial charge in [0.1, 0.15) is 18.2 Å². The zero-order valence-electron chi connectivity index (χ0n) is 14.8. The number of nitrogen functional groups attached to an aromatic ring is 1. The van der Waals surface area contributed by atoms with Crippen molar-refractivity contribution < 1.29 is 122 Å². The molecule has 2 atom stereocenters. The number of hydrogen-bond donors (Lipinski definition) is 1. The summed E-state index contributed by atoms with van der Waals surface area (Å²) in [6, 6.07) is 0. The first-order valence-corrected chi connectivity index (χ1v) is 9.32. The molecule has 2 heterocycles. The Bertz CT molecular complexity index is 803. The molecule has 2 aromatic heterocycles. The Morgan fingerprint density at radius 3 is 2.38 bits per heavy atom. The Hall–Kier alpha value is 1.61. The maximum absolute atomic E-state index is 11.3. The van der Waals surface area contributed by atoms with Crippen LogP contribution in [0.3, 0.4) is 0 Å². The van der Waals surface area contributed by atoms with Crippen LogP contribution in [0.1, 0.15) is 6.92 Å². The average molecular weight is 433 g/mol. The first-order valence-electron chi connectivity index (χ1n) is 6.14. The van der Waals surface area contributed by atoms with Crippen molar-refractivity contribution in [3.8, 4) is 0 Å². The van der Waals surface area contributed by atoms with Gasteiger partial charge in [0.05, 0.1) is 26.8 Å². The van der Waals surface area contributed by atoms with Crippen molar-refractivity contribution in [1.82, 2.24) is 19.5 Å². The number of hydrogen-bond acceptors (Lipinski definition) is 11. The predicted molar refractivity (Wildman–Crippen MR) is 71.4 cm³/mol. The van der Waals surface area contributed by atoms with Crippen LogP contribution in [-0.4, -0.2) is 32.0 Å². The fourth-order valence-corrected chi connectivity index (χ4v) is 3.60. The summed E-state index contributed by atoms with van der Waals surface area (Å²) in [4.78, 5) is 43.7. The maximum Gasteiger partial charge on any atom is 1.00 e. The fraction of sp³-hybridized carbons (Fsp3) is 0.444. The van der Waals surface area contributed by atoms with Gasteiger partial charge in [-0.2, -0.15) is 0 Å². The molecule has 26 heavy (non-hydrogen) atoms. The van der Waals surface area contributed by atoms with E-state index in [-0.39, 0.29) is 101 Å². The molecular formula is C9H12N5Na3O7P2. The summed E-state index contributed by atoms with van der Waals surface area (Å²) in [5.41, 5.74) is 6.45. The molecule has 2 rings (SSSR count).